The molecule has 0 unspecified atom stereocenters. The summed E-state index contributed by atoms with van der Waals surface area (Å²) in [6, 6.07) is 16.8. The zero-order chi connectivity index (χ0) is 16.2. The summed E-state index contributed by atoms with van der Waals surface area (Å²) in [6.45, 7) is 1.87. The van der Waals surface area contributed by atoms with Gasteiger partial charge in [0.05, 0.1) is 18.1 Å². The van der Waals surface area contributed by atoms with Crippen LogP contribution in [0.2, 0.25) is 0 Å². The number of hydrogen-bond donors (Lipinski definition) is 0. The molecule has 0 bridgehead atoms. The summed E-state index contributed by atoms with van der Waals surface area (Å²) in [7, 11) is 0. The van der Waals surface area contributed by atoms with Gasteiger partial charge in [0.15, 0.2) is 0 Å². The third kappa shape index (κ3) is 3.56. The molecule has 0 heterocycles. The summed E-state index contributed by atoms with van der Waals surface area (Å²) in [4.78, 5) is 0. The summed E-state index contributed by atoms with van der Waals surface area (Å²) in [6.07, 6.45) is -5.23. The van der Waals surface area contributed by atoms with Gasteiger partial charge in [0.2, 0.25) is 0 Å². The number of aryl methyl sites for hydroxylation is 1. The molecule has 0 saturated carbocycles. The van der Waals surface area contributed by atoms with Crippen LogP contribution in [0.1, 0.15) is 23.1 Å². The van der Waals surface area contributed by atoms with Gasteiger partial charge in [-0.05, 0) is 23.6 Å². The van der Waals surface area contributed by atoms with Crippen LogP contribution < -0.4 is 0 Å². The van der Waals surface area contributed by atoms with E-state index in [9.17, 15) is 13.2 Å². The summed E-state index contributed by atoms with van der Waals surface area (Å²) < 4.78 is 40.2. The summed E-state index contributed by atoms with van der Waals surface area (Å²) in [5.74, 6) is 0. The van der Waals surface area contributed by atoms with Crippen molar-refractivity contribution in [2.75, 3.05) is 0 Å². The van der Waals surface area contributed by atoms with Gasteiger partial charge in [0.1, 0.15) is 0 Å². The lowest BCUT2D eigenvalue weighted by atomic mass is 9.91. The number of allylic oxidation sites excluding steroid dienone is 1. The lowest BCUT2D eigenvalue weighted by Crippen LogP contribution is -2.14. The van der Waals surface area contributed by atoms with Crippen LogP contribution in [0, 0.1) is 18.3 Å². The highest BCUT2D eigenvalue weighted by atomic mass is 19.4. The van der Waals surface area contributed by atoms with Crippen molar-refractivity contribution in [1.82, 2.24) is 0 Å². The van der Waals surface area contributed by atoms with Crippen LogP contribution in [-0.4, -0.2) is 6.18 Å². The molecule has 0 N–H and O–H groups in total. The van der Waals surface area contributed by atoms with Crippen molar-refractivity contribution in [3.05, 3.63) is 76.9 Å². The van der Waals surface area contributed by atoms with Crippen molar-refractivity contribution < 1.29 is 13.2 Å². The molecule has 0 spiro atoms. The molecule has 4 heteroatoms. The third-order valence-electron chi connectivity index (χ3n) is 3.30. The van der Waals surface area contributed by atoms with Crippen molar-refractivity contribution in [2.45, 2.75) is 19.5 Å². The minimum atomic E-state index is -4.55. The SMILES string of the molecule is Cc1ccc(/C(=C(/CC#N)C(F)(F)F)c2ccccc2)cc1. The molecule has 0 atom stereocenters. The Morgan fingerprint density at radius 1 is 0.955 bits per heavy atom. The van der Waals surface area contributed by atoms with Gasteiger partial charge in [-0.25, -0.2) is 0 Å². The molecule has 0 radical (unpaired) electrons. The number of alkyl halides is 3. The van der Waals surface area contributed by atoms with Crippen LogP contribution in [0.3, 0.4) is 0 Å². The number of hydrogen-bond acceptors (Lipinski definition) is 1. The minimum Gasteiger partial charge on any atom is -0.198 e. The van der Waals surface area contributed by atoms with Crippen molar-refractivity contribution in [3.63, 3.8) is 0 Å². The lowest BCUT2D eigenvalue weighted by Gasteiger charge is -2.17. The van der Waals surface area contributed by atoms with Crippen LogP contribution >= 0.6 is 0 Å². The summed E-state index contributed by atoms with van der Waals surface area (Å²) in [5, 5.41) is 8.80. The predicted molar refractivity (Wildman–Crippen MR) is 79.9 cm³/mol. The Morgan fingerprint density at radius 2 is 1.50 bits per heavy atom. The third-order valence-corrected chi connectivity index (χ3v) is 3.30. The maximum atomic E-state index is 13.4. The quantitative estimate of drug-likeness (QED) is 0.757. The van der Waals surface area contributed by atoms with E-state index in [1.807, 2.05) is 6.92 Å². The number of benzene rings is 2. The van der Waals surface area contributed by atoms with Gasteiger partial charge in [0.25, 0.3) is 0 Å². The van der Waals surface area contributed by atoms with Crippen molar-refractivity contribution >= 4 is 5.57 Å². The van der Waals surface area contributed by atoms with E-state index in [2.05, 4.69) is 0 Å². The Balaban J connectivity index is 2.74. The van der Waals surface area contributed by atoms with Crippen LogP contribution in [0.5, 0.6) is 0 Å². The molecule has 22 heavy (non-hydrogen) atoms. The van der Waals surface area contributed by atoms with E-state index in [1.165, 1.54) is 0 Å². The van der Waals surface area contributed by atoms with Gasteiger partial charge in [-0.15, -0.1) is 0 Å². The Hall–Kier alpha value is -2.54. The van der Waals surface area contributed by atoms with Crippen LogP contribution in [0.4, 0.5) is 13.2 Å². The van der Waals surface area contributed by atoms with Gasteiger partial charge >= 0.3 is 6.18 Å². The molecule has 0 aliphatic rings. The fourth-order valence-electron chi connectivity index (χ4n) is 2.25. The van der Waals surface area contributed by atoms with Gasteiger partial charge in [-0.3, -0.25) is 0 Å². The fraction of sp³-hybridized carbons (Fsp3) is 0.167. The number of nitrogens with zero attached hydrogens (tertiary/aromatic N) is 1. The normalized spacial score (nSPS) is 12.5. The molecule has 1 nitrogen and oxygen atoms in total. The fourth-order valence-corrected chi connectivity index (χ4v) is 2.25. The molecule has 0 aliphatic carbocycles. The van der Waals surface area contributed by atoms with Crippen molar-refractivity contribution in [2.24, 2.45) is 0 Å². The monoisotopic (exact) mass is 301 g/mol. The molecule has 0 aromatic heterocycles. The second kappa shape index (κ2) is 6.48. The second-order valence-corrected chi connectivity index (χ2v) is 4.92. The largest absolute Gasteiger partial charge is 0.414 e. The molecule has 2 rings (SSSR count). The molecule has 0 saturated heterocycles. The smallest absolute Gasteiger partial charge is 0.198 e. The Kier molecular flexibility index (Phi) is 4.67. The molecular weight excluding hydrogens is 287 g/mol. The predicted octanol–water partition coefficient (Wildman–Crippen LogP) is 5.27. The van der Waals surface area contributed by atoms with Crippen molar-refractivity contribution in [3.8, 4) is 6.07 Å². The van der Waals surface area contributed by atoms with Gasteiger partial charge < -0.3 is 0 Å². The maximum absolute atomic E-state index is 13.4. The number of nitriles is 1. The zero-order valence-corrected chi connectivity index (χ0v) is 12.0. The van der Waals surface area contributed by atoms with Crippen LogP contribution in [0.25, 0.3) is 5.57 Å². The maximum Gasteiger partial charge on any atom is 0.414 e. The molecule has 0 amide bonds. The van der Waals surface area contributed by atoms with E-state index in [1.54, 1.807) is 60.7 Å². The highest BCUT2D eigenvalue weighted by molar-refractivity contribution is 5.83. The number of halogens is 3. The Labute approximate surface area is 127 Å². The molecule has 2 aromatic carbocycles. The highest BCUT2D eigenvalue weighted by Crippen LogP contribution is 2.38. The molecule has 0 aliphatic heterocycles. The van der Waals surface area contributed by atoms with E-state index >= 15 is 0 Å². The molecule has 112 valence electrons. The highest BCUT2D eigenvalue weighted by Gasteiger charge is 2.36. The average Bonchev–Trinajstić information content (AvgIpc) is 2.49. The topological polar surface area (TPSA) is 23.8 Å². The molecular formula is C18H14F3N. The first-order valence-electron chi connectivity index (χ1n) is 6.73. The first-order chi connectivity index (χ1) is 10.4. The van der Waals surface area contributed by atoms with Crippen molar-refractivity contribution in [1.29, 1.82) is 5.26 Å². The van der Waals surface area contributed by atoms with E-state index in [0.717, 1.165) is 5.56 Å². The summed E-state index contributed by atoms with van der Waals surface area (Å²) in [5.41, 5.74) is 1.12. The first kappa shape index (κ1) is 15.8. The second-order valence-electron chi connectivity index (χ2n) is 4.92. The molecule has 2 aromatic rings. The van der Waals surface area contributed by atoms with Gasteiger partial charge in [-0.1, -0.05) is 60.2 Å². The Morgan fingerprint density at radius 3 is 2.00 bits per heavy atom. The zero-order valence-electron chi connectivity index (χ0n) is 12.0. The van der Waals surface area contributed by atoms with Gasteiger partial charge in [0, 0.05) is 0 Å². The van der Waals surface area contributed by atoms with E-state index in [-0.39, 0.29) is 5.57 Å². The minimum absolute atomic E-state index is 0.0645. The van der Waals surface area contributed by atoms with Gasteiger partial charge in [-0.2, -0.15) is 18.4 Å². The van der Waals surface area contributed by atoms with E-state index in [0.29, 0.717) is 11.1 Å². The Bertz CT molecular complexity index is 705. The van der Waals surface area contributed by atoms with Crippen LogP contribution in [0.15, 0.2) is 60.2 Å². The average molecular weight is 301 g/mol. The molecule has 0 fully saturated rings. The number of rotatable bonds is 3. The summed E-state index contributed by atoms with van der Waals surface area (Å²) >= 11 is 0. The standard InChI is InChI=1S/C18H14F3N/c1-13-7-9-15(10-8-13)17(14-5-3-2-4-6-14)16(11-12-22)18(19,20)21/h2-10H,11H2,1H3/b17-16-. The lowest BCUT2D eigenvalue weighted by molar-refractivity contribution is -0.0921. The first-order valence-corrected chi connectivity index (χ1v) is 6.73. The van der Waals surface area contributed by atoms with E-state index in [4.69, 9.17) is 5.26 Å². The van der Waals surface area contributed by atoms with E-state index < -0.39 is 18.2 Å². The van der Waals surface area contributed by atoms with Crippen LogP contribution in [-0.2, 0) is 0 Å².